The van der Waals surface area contributed by atoms with Crippen LogP contribution in [-0.4, -0.2) is 27.4 Å². The molecular formula is C8H10ClN3O4S. The molecule has 0 amide bonds. The summed E-state index contributed by atoms with van der Waals surface area (Å²) in [7, 11) is -1.14. The number of nitrogens with one attached hydrogen (secondary N) is 2. The van der Waals surface area contributed by atoms with Crippen molar-refractivity contribution in [1.29, 1.82) is 0 Å². The quantitative estimate of drug-likeness (QED) is 0.637. The molecule has 1 rings (SSSR count). The lowest BCUT2D eigenvalue weighted by atomic mass is 10.3. The van der Waals surface area contributed by atoms with Crippen molar-refractivity contribution in [2.24, 2.45) is 0 Å². The van der Waals surface area contributed by atoms with E-state index in [1.165, 1.54) is 14.1 Å². The second-order valence-corrected chi connectivity index (χ2v) is 5.28. The second kappa shape index (κ2) is 4.86. The van der Waals surface area contributed by atoms with Gasteiger partial charge in [-0.05, 0) is 7.05 Å². The minimum atomic E-state index is -3.82. The zero-order valence-electron chi connectivity index (χ0n) is 9.02. The highest BCUT2D eigenvalue weighted by atomic mass is 35.5. The van der Waals surface area contributed by atoms with Crippen LogP contribution in [0.5, 0.6) is 0 Å². The molecule has 94 valence electrons. The average Bonchev–Trinajstić information content (AvgIpc) is 2.27. The van der Waals surface area contributed by atoms with Crippen LogP contribution < -0.4 is 10.0 Å². The number of rotatable bonds is 4. The van der Waals surface area contributed by atoms with E-state index in [9.17, 15) is 18.5 Å². The third-order valence-corrected chi connectivity index (χ3v) is 3.79. The summed E-state index contributed by atoms with van der Waals surface area (Å²) in [5.41, 5.74) is -0.269. The fourth-order valence-corrected chi connectivity index (χ4v) is 2.58. The van der Waals surface area contributed by atoms with Gasteiger partial charge in [-0.1, -0.05) is 11.6 Å². The van der Waals surface area contributed by atoms with Crippen LogP contribution in [0.1, 0.15) is 0 Å². The molecule has 0 unspecified atom stereocenters. The largest absolute Gasteiger partial charge is 0.386 e. The van der Waals surface area contributed by atoms with E-state index in [1.54, 1.807) is 0 Å². The molecule has 7 nitrogen and oxygen atoms in total. The zero-order chi connectivity index (χ0) is 13.2. The molecule has 0 saturated carbocycles. The van der Waals surface area contributed by atoms with Crippen molar-refractivity contribution in [3.05, 3.63) is 27.3 Å². The predicted octanol–water partition coefficient (Wildman–Crippen LogP) is 1.20. The summed E-state index contributed by atoms with van der Waals surface area (Å²) < 4.78 is 25.4. The second-order valence-electron chi connectivity index (χ2n) is 3.02. The first-order chi connectivity index (χ1) is 7.83. The standard InChI is InChI=1S/C8H10ClN3O4S/c1-10-8-6(9)3-5(12(13)14)4-7(8)17(15,16)11-2/h3-4,10-11H,1-2H3. The third kappa shape index (κ3) is 2.65. The van der Waals surface area contributed by atoms with Crippen LogP contribution in [0.25, 0.3) is 0 Å². The Hall–Kier alpha value is -1.38. The van der Waals surface area contributed by atoms with Crippen molar-refractivity contribution in [3.8, 4) is 0 Å². The molecule has 0 aliphatic carbocycles. The van der Waals surface area contributed by atoms with Crippen LogP contribution >= 0.6 is 11.6 Å². The van der Waals surface area contributed by atoms with E-state index >= 15 is 0 Å². The molecule has 0 radical (unpaired) electrons. The van der Waals surface area contributed by atoms with Gasteiger partial charge in [0.05, 0.1) is 15.6 Å². The lowest BCUT2D eigenvalue weighted by Crippen LogP contribution is -2.20. The summed E-state index contributed by atoms with van der Waals surface area (Å²) in [4.78, 5) is 9.66. The fraction of sp³-hybridized carbons (Fsp3) is 0.250. The molecule has 9 heteroatoms. The van der Waals surface area contributed by atoms with E-state index in [0.29, 0.717) is 0 Å². The Morgan fingerprint density at radius 2 is 1.94 bits per heavy atom. The van der Waals surface area contributed by atoms with Crippen molar-refractivity contribution >= 4 is 33.0 Å². The smallest absolute Gasteiger partial charge is 0.272 e. The van der Waals surface area contributed by atoms with E-state index in [1.807, 2.05) is 0 Å². The number of benzene rings is 1. The summed E-state index contributed by atoms with van der Waals surface area (Å²) >= 11 is 5.78. The maximum atomic E-state index is 11.7. The van der Waals surface area contributed by atoms with Crippen LogP contribution in [0, 0.1) is 10.1 Å². The minimum Gasteiger partial charge on any atom is -0.386 e. The summed E-state index contributed by atoms with van der Waals surface area (Å²) in [6.07, 6.45) is 0. The molecule has 2 N–H and O–H groups in total. The van der Waals surface area contributed by atoms with Crippen LogP contribution in [-0.2, 0) is 10.0 Å². The highest BCUT2D eigenvalue weighted by molar-refractivity contribution is 7.89. The van der Waals surface area contributed by atoms with Gasteiger partial charge in [-0.15, -0.1) is 0 Å². The van der Waals surface area contributed by atoms with Gasteiger partial charge in [-0.25, -0.2) is 13.1 Å². The van der Waals surface area contributed by atoms with Crippen molar-refractivity contribution in [2.45, 2.75) is 4.90 Å². The molecule has 0 heterocycles. The molecule has 0 bridgehead atoms. The van der Waals surface area contributed by atoms with Gasteiger partial charge in [0.2, 0.25) is 10.0 Å². The Bertz CT molecular complexity index is 558. The van der Waals surface area contributed by atoms with Crippen molar-refractivity contribution in [3.63, 3.8) is 0 Å². The van der Waals surface area contributed by atoms with Crippen LogP contribution in [0.15, 0.2) is 17.0 Å². The number of sulfonamides is 1. The predicted molar refractivity (Wildman–Crippen MR) is 63.9 cm³/mol. The summed E-state index contributed by atoms with van der Waals surface area (Å²) in [6, 6.07) is 2.03. The Labute approximate surface area is 103 Å². The van der Waals surface area contributed by atoms with Gasteiger partial charge >= 0.3 is 0 Å². The van der Waals surface area contributed by atoms with Gasteiger partial charge in [0.15, 0.2) is 0 Å². The van der Waals surface area contributed by atoms with E-state index in [0.717, 1.165) is 12.1 Å². The fourth-order valence-electron chi connectivity index (χ4n) is 1.24. The highest BCUT2D eigenvalue weighted by Gasteiger charge is 2.23. The lowest BCUT2D eigenvalue weighted by Gasteiger charge is -2.10. The first kappa shape index (κ1) is 13.7. The molecule has 0 aliphatic rings. The average molecular weight is 280 g/mol. The number of anilines is 1. The van der Waals surface area contributed by atoms with Gasteiger partial charge < -0.3 is 5.32 Å². The molecule has 0 saturated heterocycles. The number of nitro benzene ring substituents is 1. The number of nitro groups is 1. The summed E-state index contributed by atoms with van der Waals surface area (Å²) in [6.45, 7) is 0. The molecule has 0 aliphatic heterocycles. The summed E-state index contributed by atoms with van der Waals surface area (Å²) in [5.74, 6) is 0. The molecule has 1 aromatic rings. The number of halogens is 1. The normalized spacial score (nSPS) is 11.2. The number of non-ortho nitro benzene ring substituents is 1. The lowest BCUT2D eigenvalue weighted by molar-refractivity contribution is -0.385. The third-order valence-electron chi connectivity index (χ3n) is 2.06. The monoisotopic (exact) mass is 279 g/mol. The van der Waals surface area contributed by atoms with Crippen LogP contribution in [0.3, 0.4) is 0 Å². The maximum absolute atomic E-state index is 11.7. The van der Waals surface area contributed by atoms with Gasteiger partial charge in [0, 0.05) is 19.2 Å². The Kier molecular flexibility index (Phi) is 3.91. The molecule has 17 heavy (non-hydrogen) atoms. The number of hydrogen-bond acceptors (Lipinski definition) is 5. The first-order valence-electron chi connectivity index (χ1n) is 4.42. The van der Waals surface area contributed by atoms with Crippen molar-refractivity contribution in [2.75, 3.05) is 19.4 Å². The highest BCUT2D eigenvalue weighted by Crippen LogP contribution is 2.33. The van der Waals surface area contributed by atoms with Gasteiger partial charge in [-0.2, -0.15) is 0 Å². The Balaban J connectivity index is 3.62. The Morgan fingerprint density at radius 1 is 1.35 bits per heavy atom. The van der Waals surface area contributed by atoms with Gasteiger partial charge in [0.1, 0.15) is 4.90 Å². The number of nitrogens with zero attached hydrogens (tertiary/aromatic N) is 1. The number of hydrogen-bond donors (Lipinski definition) is 2. The molecule has 0 aromatic heterocycles. The molecule has 0 atom stereocenters. The van der Waals surface area contributed by atoms with Gasteiger partial charge in [-0.3, -0.25) is 10.1 Å². The molecule has 0 spiro atoms. The van der Waals surface area contributed by atoms with Crippen LogP contribution in [0.2, 0.25) is 5.02 Å². The molecule has 1 aromatic carbocycles. The van der Waals surface area contributed by atoms with Crippen LogP contribution in [0.4, 0.5) is 11.4 Å². The Morgan fingerprint density at radius 3 is 2.35 bits per heavy atom. The van der Waals surface area contributed by atoms with Crippen molar-refractivity contribution < 1.29 is 13.3 Å². The summed E-state index contributed by atoms with van der Waals surface area (Å²) in [5, 5.41) is 13.2. The zero-order valence-corrected chi connectivity index (χ0v) is 10.6. The minimum absolute atomic E-state index is 0.0319. The van der Waals surface area contributed by atoms with E-state index in [2.05, 4.69) is 10.0 Å². The molecular weight excluding hydrogens is 270 g/mol. The maximum Gasteiger partial charge on any atom is 0.272 e. The first-order valence-corrected chi connectivity index (χ1v) is 6.29. The van der Waals surface area contributed by atoms with E-state index in [4.69, 9.17) is 11.6 Å². The molecule has 0 fully saturated rings. The van der Waals surface area contributed by atoms with Gasteiger partial charge in [0.25, 0.3) is 5.69 Å². The van der Waals surface area contributed by atoms with E-state index < -0.39 is 14.9 Å². The topological polar surface area (TPSA) is 101 Å². The van der Waals surface area contributed by atoms with Crippen molar-refractivity contribution in [1.82, 2.24) is 4.72 Å². The van der Waals surface area contributed by atoms with E-state index in [-0.39, 0.29) is 21.3 Å². The SMILES string of the molecule is CNc1c(Cl)cc([N+](=O)[O-])cc1S(=O)(=O)NC.